The van der Waals surface area contributed by atoms with Crippen LogP contribution in [0.3, 0.4) is 0 Å². The number of benzene rings is 1. The Balaban J connectivity index is 2.65. The number of hydrogen-bond acceptors (Lipinski definition) is 1. The normalized spacial score (nSPS) is 9.67. The lowest BCUT2D eigenvalue weighted by Crippen LogP contribution is -2.02. The van der Waals surface area contributed by atoms with Gasteiger partial charge in [0.15, 0.2) is 0 Å². The van der Waals surface area contributed by atoms with Crippen LogP contribution in [0.15, 0.2) is 18.2 Å². The second-order valence-electron chi connectivity index (χ2n) is 3.16. The first-order chi connectivity index (χ1) is 7.13. The van der Waals surface area contributed by atoms with Crippen LogP contribution in [0.5, 0.6) is 0 Å². The van der Waals surface area contributed by atoms with Crippen molar-refractivity contribution >= 4 is 17.4 Å². The highest BCUT2D eigenvalue weighted by Crippen LogP contribution is 2.18. The Kier molecular flexibility index (Phi) is 4.33. The summed E-state index contributed by atoms with van der Waals surface area (Å²) in [7, 11) is 0. The molecule has 1 aromatic rings. The number of terminal acetylenes is 1. The monoisotopic (exact) mass is 224 g/mol. The quantitative estimate of drug-likeness (QED) is 0.719. The minimum absolute atomic E-state index is 0.0152. The molecule has 0 aliphatic rings. The molecule has 1 aromatic carbocycles. The van der Waals surface area contributed by atoms with E-state index in [-0.39, 0.29) is 17.2 Å². The summed E-state index contributed by atoms with van der Waals surface area (Å²) in [6.45, 7) is 0. The lowest BCUT2D eigenvalue weighted by atomic mass is 10.1. The Morgan fingerprint density at radius 1 is 1.53 bits per heavy atom. The lowest BCUT2D eigenvalue weighted by molar-refractivity contribution is -0.118. The summed E-state index contributed by atoms with van der Waals surface area (Å²) in [5.41, 5.74) is 0.639. The Morgan fingerprint density at radius 3 is 2.87 bits per heavy atom. The first-order valence-electron chi connectivity index (χ1n) is 4.52. The molecule has 0 amide bonds. The van der Waals surface area contributed by atoms with Crippen molar-refractivity contribution in [3.63, 3.8) is 0 Å². The van der Waals surface area contributed by atoms with E-state index >= 15 is 0 Å². The maximum Gasteiger partial charge on any atom is 0.138 e. The van der Waals surface area contributed by atoms with Gasteiger partial charge in [-0.3, -0.25) is 4.79 Å². The second kappa shape index (κ2) is 5.53. The minimum Gasteiger partial charge on any atom is -0.299 e. The molecule has 1 nitrogen and oxygen atoms in total. The van der Waals surface area contributed by atoms with E-state index < -0.39 is 5.82 Å². The molecule has 3 heteroatoms. The highest BCUT2D eigenvalue weighted by Gasteiger charge is 2.07. The van der Waals surface area contributed by atoms with Crippen molar-refractivity contribution < 1.29 is 9.18 Å². The molecule has 0 aliphatic heterocycles. The number of hydrogen-bond donors (Lipinski definition) is 0. The Morgan fingerprint density at radius 2 is 2.27 bits per heavy atom. The van der Waals surface area contributed by atoms with E-state index in [9.17, 15) is 9.18 Å². The van der Waals surface area contributed by atoms with Gasteiger partial charge >= 0.3 is 0 Å². The van der Waals surface area contributed by atoms with Gasteiger partial charge in [0.2, 0.25) is 0 Å². The Hall–Kier alpha value is -1.33. The third-order valence-electron chi connectivity index (χ3n) is 1.95. The number of carbonyl (C=O) groups is 1. The molecule has 0 spiro atoms. The Labute approximate surface area is 93.3 Å². The van der Waals surface area contributed by atoms with Gasteiger partial charge in [-0.2, -0.15) is 0 Å². The van der Waals surface area contributed by atoms with Crippen LogP contribution in [0.25, 0.3) is 0 Å². The van der Waals surface area contributed by atoms with Gasteiger partial charge < -0.3 is 0 Å². The van der Waals surface area contributed by atoms with Crippen LogP contribution in [-0.4, -0.2) is 5.78 Å². The molecule has 0 saturated heterocycles. The summed E-state index contributed by atoms with van der Waals surface area (Å²) < 4.78 is 12.7. The standard InChI is InChI=1S/C12H10ClFO/c1-2-3-4-11(15)7-9-5-6-10(14)8-12(9)13/h1,5-6,8H,3-4,7H2. The topological polar surface area (TPSA) is 17.1 Å². The van der Waals surface area contributed by atoms with Gasteiger partial charge in [-0.25, -0.2) is 4.39 Å². The summed E-state index contributed by atoms with van der Waals surface area (Å²) in [6, 6.07) is 4.01. The summed E-state index contributed by atoms with van der Waals surface area (Å²) in [6.07, 6.45) is 6.02. The van der Waals surface area contributed by atoms with Crippen molar-refractivity contribution in [2.45, 2.75) is 19.3 Å². The van der Waals surface area contributed by atoms with Crippen LogP contribution in [0.2, 0.25) is 5.02 Å². The SMILES string of the molecule is C#CCCC(=O)Cc1ccc(F)cc1Cl. The van der Waals surface area contributed by atoms with Crippen LogP contribution in [0, 0.1) is 18.2 Å². The zero-order chi connectivity index (χ0) is 11.3. The van der Waals surface area contributed by atoms with Crippen molar-refractivity contribution in [2.75, 3.05) is 0 Å². The zero-order valence-electron chi connectivity index (χ0n) is 8.09. The minimum atomic E-state index is -0.403. The molecule has 15 heavy (non-hydrogen) atoms. The molecule has 0 heterocycles. The van der Waals surface area contributed by atoms with Crippen LogP contribution in [0.4, 0.5) is 4.39 Å². The largest absolute Gasteiger partial charge is 0.299 e. The number of rotatable bonds is 4. The highest BCUT2D eigenvalue weighted by molar-refractivity contribution is 6.31. The summed E-state index contributed by atoms with van der Waals surface area (Å²) in [5.74, 6) is 2.01. The van der Waals surface area contributed by atoms with Gasteiger partial charge in [0.05, 0.1) is 0 Å². The number of Topliss-reactive ketones (excluding diaryl/α,β-unsaturated/α-hetero) is 1. The van der Waals surface area contributed by atoms with E-state index in [2.05, 4.69) is 5.92 Å². The van der Waals surface area contributed by atoms with E-state index in [1.165, 1.54) is 18.2 Å². The first kappa shape index (κ1) is 11.7. The molecule has 0 aromatic heterocycles. The van der Waals surface area contributed by atoms with E-state index in [0.717, 1.165) is 0 Å². The highest BCUT2D eigenvalue weighted by atomic mass is 35.5. The van der Waals surface area contributed by atoms with Gasteiger partial charge in [-0.05, 0) is 17.7 Å². The predicted molar refractivity (Wildman–Crippen MR) is 58.2 cm³/mol. The first-order valence-corrected chi connectivity index (χ1v) is 4.90. The van der Waals surface area contributed by atoms with E-state index in [0.29, 0.717) is 18.4 Å². The van der Waals surface area contributed by atoms with Crippen LogP contribution < -0.4 is 0 Å². The van der Waals surface area contributed by atoms with Gasteiger partial charge in [0, 0.05) is 24.3 Å². The fraction of sp³-hybridized carbons (Fsp3) is 0.250. The smallest absolute Gasteiger partial charge is 0.138 e. The molecule has 0 N–H and O–H groups in total. The molecule has 0 aliphatic carbocycles. The molecule has 0 bridgehead atoms. The third-order valence-corrected chi connectivity index (χ3v) is 2.30. The molecule has 0 saturated carbocycles. The number of ketones is 1. The molecule has 0 radical (unpaired) electrons. The zero-order valence-corrected chi connectivity index (χ0v) is 8.85. The van der Waals surface area contributed by atoms with E-state index in [4.69, 9.17) is 18.0 Å². The molecule has 0 atom stereocenters. The van der Waals surface area contributed by atoms with Gasteiger partial charge in [0.25, 0.3) is 0 Å². The van der Waals surface area contributed by atoms with Gasteiger partial charge in [-0.15, -0.1) is 12.3 Å². The third kappa shape index (κ3) is 3.73. The maximum absolute atomic E-state index is 12.7. The number of carbonyl (C=O) groups excluding carboxylic acids is 1. The average molecular weight is 225 g/mol. The fourth-order valence-electron chi connectivity index (χ4n) is 1.18. The average Bonchev–Trinajstić information content (AvgIpc) is 2.19. The predicted octanol–water partition coefficient (Wildman–Crippen LogP) is 3.00. The summed E-state index contributed by atoms with van der Waals surface area (Å²) in [4.78, 5) is 11.4. The molecule has 1 rings (SSSR count). The van der Waals surface area contributed by atoms with Crippen LogP contribution >= 0.6 is 11.6 Å². The summed E-state index contributed by atoms with van der Waals surface area (Å²) in [5, 5.41) is 0.282. The van der Waals surface area contributed by atoms with Gasteiger partial charge in [0.1, 0.15) is 11.6 Å². The van der Waals surface area contributed by atoms with E-state index in [1.807, 2.05) is 0 Å². The van der Waals surface area contributed by atoms with Crippen LogP contribution in [-0.2, 0) is 11.2 Å². The van der Waals surface area contributed by atoms with Crippen molar-refractivity contribution in [1.82, 2.24) is 0 Å². The van der Waals surface area contributed by atoms with Crippen molar-refractivity contribution in [3.8, 4) is 12.3 Å². The molecule has 0 unspecified atom stereocenters. The van der Waals surface area contributed by atoms with Crippen molar-refractivity contribution in [2.24, 2.45) is 0 Å². The Bertz CT molecular complexity index is 407. The van der Waals surface area contributed by atoms with E-state index in [1.54, 1.807) is 0 Å². The molecular weight excluding hydrogens is 215 g/mol. The lowest BCUT2D eigenvalue weighted by Gasteiger charge is -2.02. The van der Waals surface area contributed by atoms with Gasteiger partial charge in [-0.1, -0.05) is 17.7 Å². The molecular formula is C12H10ClFO. The maximum atomic E-state index is 12.7. The second-order valence-corrected chi connectivity index (χ2v) is 3.56. The molecule has 0 fully saturated rings. The van der Waals surface area contributed by atoms with Crippen LogP contribution in [0.1, 0.15) is 18.4 Å². The molecule has 78 valence electrons. The van der Waals surface area contributed by atoms with Crippen molar-refractivity contribution in [1.29, 1.82) is 0 Å². The van der Waals surface area contributed by atoms with Crippen molar-refractivity contribution in [3.05, 3.63) is 34.6 Å². The summed E-state index contributed by atoms with van der Waals surface area (Å²) >= 11 is 5.78. The fourth-order valence-corrected chi connectivity index (χ4v) is 1.41. The number of halogens is 2.